The Bertz CT molecular complexity index is 418. The third-order valence-corrected chi connectivity index (χ3v) is 3.89. The zero-order valence-corrected chi connectivity index (χ0v) is 12.8. The van der Waals surface area contributed by atoms with E-state index < -0.39 is 0 Å². The maximum Gasteiger partial charge on any atom is 0.315 e. The smallest absolute Gasteiger partial charge is 0.315 e. The Hall–Kier alpha value is -1.55. The van der Waals surface area contributed by atoms with E-state index in [2.05, 4.69) is 36.6 Å². The lowest BCUT2D eigenvalue weighted by Gasteiger charge is -2.33. The second-order valence-electron chi connectivity index (χ2n) is 5.84. The van der Waals surface area contributed by atoms with Crippen LogP contribution in [-0.2, 0) is 5.41 Å². The first-order chi connectivity index (χ1) is 9.37. The summed E-state index contributed by atoms with van der Waals surface area (Å²) in [6, 6.07) is 9.91. The third-order valence-electron chi connectivity index (χ3n) is 3.89. The van der Waals surface area contributed by atoms with Gasteiger partial charge in [-0.25, -0.2) is 4.79 Å². The molecule has 0 aliphatic heterocycles. The molecule has 0 saturated carbocycles. The average molecular weight is 278 g/mol. The SMILES string of the molecule is CC(NC(=O)N[C@H](C)CCO)C(C)(C)c1ccccc1. The van der Waals surface area contributed by atoms with Crippen molar-refractivity contribution in [2.45, 2.75) is 51.6 Å². The molecule has 0 fully saturated rings. The minimum Gasteiger partial charge on any atom is -0.396 e. The first-order valence-corrected chi connectivity index (χ1v) is 7.11. The van der Waals surface area contributed by atoms with Crippen LogP contribution in [-0.4, -0.2) is 29.8 Å². The van der Waals surface area contributed by atoms with Gasteiger partial charge in [0.15, 0.2) is 0 Å². The lowest BCUT2D eigenvalue weighted by atomic mass is 9.78. The van der Waals surface area contributed by atoms with Crippen LogP contribution in [0.4, 0.5) is 4.79 Å². The first kappa shape index (κ1) is 16.5. The summed E-state index contributed by atoms with van der Waals surface area (Å²) in [6.07, 6.45) is 0.559. The molecule has 4 nitrogen and oxygen atoms in total. The van der Waals surface area contributed by atoms with Crippen LogP contribution in [0.2, 0.25) is 0 Å². The summed E-state index contributed by atoms with van der Waals surface area (Å²) in [6.45, 7) is 8.19. The quantitative estimate of drug-likeness (QED) is 0.748. The fraction of sp³-hybridized carbons (Fsp3) is 0.562. The van der Waals surface area contributed by atoms with Gasteiger partial charge in [0.2, 0.25) is 0 Å². The highest BCUT2D eigenvalue weighted by Gasteiger charge is 2.29. The largest absolute Gasteiger partial charge is 0.396 e. The number of hydrogen-bond donors (Lipinski definition) is 3. The molecule has 0 spiro atoms. The van der Waals surface area contributed by atoms with E-state index in [-0.39, 0.29) is 30.1 Å². The topological polar surface area (TPSA) is 61.4 Å². The van der Waals surface area contributed by atoms with E-state index in [0.29, 0.717) is 6.42 Å². The molecule has 3 N–H and O–H groups in total. The van der Waals surface area contributed by atoms with Gasteiger partial charge in [-0.05, 0) is 25.8 Å². The summed E-state index contributed by atoms with van der Waals surface area (Å²) in [4.78, 5) is 11.9. The number of carbonyl (C=O) groups is 1. The summed E-state index contributed by atoms with van der Waals surface area (Å²) in [5.74, 6) is 0. The van der Waals surface area contributed by atoms with Gasteiger partial charge in [-0.2, -0.15) is 0 Å². The van der Waals surface area contributed by atoms with Crippen LogP contribution >= 0.6 is 0 Å². The molecule has 0 bridgehead atoms. The van der Waals surface area contributed by atoms with E-state index >= 15 is 0 Å². The van der Waals surface area contributed by atoms with Crippen LogP contribution in [0.25, 0.3) is 0 Å². The summed E-state index contributed by atoms with van der Waals surface area (Å²) in [7, 11) is 0. The third kappa shape index (κ3) is 4.53. The normalized spacial score (nSPS) is 14.4. The Morgan fingerprint density at radius 3 is 2.35 bits per heavy atom. The Balaban J connectivity index is 2.61. The van der Waals surface area contributed by atoms with Gasteiger partial charge in [0.25, 0.3) is 0 Å². The van der Waals surface area contributed by atoms with Gasteiger partial charge in [-0.3, -0.25) is 0 Å². The Morgan fingerprint density at radius 2 is 1.80 bits per heavy atom. The number of aliphatic hydroxyl groups excluding tert-OH is 1. The average Bonchev–Trinajstić information content (AvgIpc) is 2.39. The second-order valence-corrected chi connectivity index (χ2v) is 5.84. The van der Waals surface area contributed by atoms with Crippen LogP contribution in [0.15, 0.2) is 30.3 Å². The van der Waals surface area contributed by atoms with E-state index in [4.69, 9.17) is 5.11 Å². The lowest BCUT2D eigenvalue weighted by molar-refractivity contribution is 0.222. The number of rotatable bonds is 6. The van der Waals surface area contributed by atoms with Crippen LogP contribution < -0.4 is 10.6 Å². The Labute approximate surface area is 121 Å². The maximum atomic E-state index is 11.9. The molecule has 0 aliphatic carbocycles. The van der Waals surface area contributed by atoms with Crippen molar-refractivity contribution in [1.29, 1.82) is 0 Å². The van der Waals surface area contributed by atoms with Crippen molar-refractivity contribution in [2.75, 3.05) is 6.61 Å². The minimum atomic E-state index is -0.192. The molecule has 0 aliphatic rings. The highest BCUT2D eigenvalue weighted by Crippen LogP contribution is 2.26. The minimum absolute atomic E-state index is 0.00812. The molecule has 1 unspecified atom stereocenters. The lowest BCUT2D eigenvalue weighted by Crippen LogP contribution is -2.51. The molecule has 4 heteroatoms. The van der Waals surface area contributed by atoms with Crippen molar-refractivity contribution in [3.8, 4) is 0 Å². The summed E-state index contributed by atoms with van der Waals surface area (Å²) >= 11 is 0. The number of amides is 2. The van der Waals surface area contributed by atoms with Crippen LogP contribution in [0.1, 0.15) is 39.7 Å². The van der Waals surface area contributed by atoms with Crippen LogP contribution in [0.5, 0.6) is 0 Å². The molecule has 2 amide bonds. The van der Waals surface area contributed by atoms with E-state index in [1.54, 1.807) is 0 Å². The number of aliphatic hydroxyl groups is 1. The number of nitrogens with one attached hydrogen (secondary N) is 2. The van der Waals surface area contributed by atoms with Crippen molar-refractivity contribution in [1.82, 2.24) is 10.6 Å². The highest BCUT2D eigenvalue weighted by atomic mass is 16.3. The van der Waals surface area contributed by atoms with Gasteiger partial charge in [-0.15, -0.1) is 0 Å². The van der Waals surface area contributed by atoms with E-state index in [1.165, 1.54) is 5.56 Å². The van der Waals surface area contributed by atoms with Gasteiger partial charge in [-0.1, -0.05) is 44.2 Å². The van der Waals surface area contributed by atoms with Crippen molar-refractivity contribution >= 4 is 6.03 Å². The first-order valence-electron chi connectivity index (χ1n) is 7.11. The van der Waals surface area contributed by atoms with Crippen molar-refractivity contribution in [3.63, 3.8) is 0 Å². The zero-order chi connectivity index (χ0) is 15.2. The summed E-state index contributed by atoms with van der Waals surface area (Å²) in [5.41, 5.74) is 1.04. The van der Waals surface area contributed by atoms with Gasteiger partial charge < -0.3 is 15.7 Å². The zero-order valence-electron chi connectivity index (χ0n) is 12.8. The molecule has 112 valence electrons. The molecular formula is C16H26N2O2. The highest BCUT2D eigenvalue weighted by molar-refractivity contribution is 5.74. The molecule has 1 aromatic rings. The predicted molar refractivity (Wildman–Crippen MR) is 81.8 cm³/mol. The number of benzene rings is 1. The second kappa shape index (κ2) is 7.29. The van der Waals surface area contributed by atoms with Crippen LogP contribution in [0, 0.1) is 0 Å². The molecule has 0 radical (unpaired) electrons. The van der Waals surface area contributed by atoms with E-state index in [9.17, 15) is 4.79 Å². The maximum absolute atomic E-state index is 11.9. The van der Waals surface area contributed by atoms with Gasteiger partial charge in [0, 0.05) is 24.1 Å². The molecule has 1 aromatic carbocycles. The molecule has 2 atom stereocenters. The Morgan fingerprint density at radius 1 is 1.20 bits per heavy atom. The van der Waals surface area contributed by atoms with E-state index in [1.807, 2.05) is 32.0 Å². The standard InChI is InChI=1S/C16H26N2O2/c1-12(10-11-19)17-15(20)18-13(2)16(3,4)14-8-6-5-7-9-14/h5-9,12-13,19H,10-11H2,1-4H3,(H2,17,18,20)/t12-,13?/m1/s1. The molecule has 1 rings (SSSR count). The summed E-state index contributed by atoms with van der Waals surface area (Å²) in [5, 5.41) is 14.6. The Kier molecular flexibility index (Phi) is 6.02. The van der Waals surface area contributed by atoms with Crippen molar-refractivity contribution in [2.24, 2.45) is 0 Å². The molecule has 20 heavy (non-hydrogen) atoms. The fourth-order valence-corrected chi connectivity index (χ4v) is 2.03. The van der Waals surface area contributed by atoms with E-state index in [0.717, 1.165) is 0 Å². The predicted octanol–water partition coefficient (Wildman–Crippen LogP) is 2.42. The molecule has 0 aromatic heterocycles. The van der Waals surface area contributed by atoms with Gasteiger partial charge >= 0.3 is 6.03 Å². The van der Waals surface area contributed by atoms with Gasteiger partial charge in [0.1, 0.15) is 0 Å². The summed E-state index contributed by atoms with van der Waals surface area (Å²) < 4.78 is 0. The van der Waals surface area contributed by atoms with Gasteiger partial charge in [0.05, 0.1) is 0 Å². The number of urea groups is 1. The fourth-order valence-electron chi connectivity index (χ4n) is 2.03. The number of carbonyl (C=O) groups excluding carboxylic acids is 1. The van der Waals surface area contributed by atoms with Crippen LogP contribution in [0.3, 0.4) is 0 Å². The molecule has 0 saturated heterocycles. The monoisotopic (exact) mass is 278 g/mol. The van der Waals surface area contributed by atoms with Crippen molar-refractivity contribution < 1.29 is 9.90 Å². The molecular weight excluding hydrogens is 252 g/mol. The van der Waals surface area contributed by atoms with Crippen molar-refractivity contribution in [3.05, 3.63) is 35.9 Å². The number of hydrogen-bond acceptors (Lipinski definition) is 2. The molecule has 0 heterocycles.